The van der Waals surface area contributed by atoms with E-state index in [4.69, 9.17) is 0 Å². The molecule has 122 valence electrons. The number of hydrogen-bond acceptors (Lipinski definition) is 4. The smallest absolute Gasteiger partial charge is 0.148 e. The van der Waals surface area contributed by atoms with E-state index < -0.39 is 0 Å². The van der Waals surface area contributed by atoms with Crippen LogP contribution in [-0.4, -0.2) is 41.0 Å². The van der Waals surface area contributed by atoms with Gasteiger partial charge in [0.25, 0.3) is 0 Å². The Labute approximate surface area is 136 Å². The second kappa shape index (κ2) is 7.04. The molecule has 1 aliphatic rings. The van der Waals surface area contributed by atoms with E-state index in [2.05, 4.69) is 20.2 Å². The zero-order valence-electron chi connectivity index (χ0n) is 13.8. The van der Waals surface area contributed by atoms with Crippen LogP contribution in [-0.2, 0) is 6.42 Å². The first-order chi connectivity index (χ1) is 11.1. The number of aryl methyl sites for hydroxylation is 2. The van der Waals surface area contributed by atoms with Gasteiger partial charge in [0.2, 0.25) is 0 Å². The van der Waals surface area contributed by atoms with E-state index in [1.54, 1.807) is 12.1 Å². The van der Waals surface area contributed by atoms with Gasteiger partial charge in [-0.2, -0.15) is 0 Å². The lowest BCUT2D eigenvalue weighted by Gasteiger charge is -2.30. The Kier molecular flexibility index (Phi) is 4.86. The van der Waals surface area contributed by atoms with Crippen molar-refractivity contribution >= 4 is 5.82 Å². The zero-order chi connectivity index (χ0) is 16.2. The van der Waals surface area contributed by atoms with Gasteiger partial charge in [0.1, 0.15) is 11.6 Å². The molecule has 4 nitrogen and oxygen atoms in total. The lowest BCUT2D eigenvalue weighted by Crippen LogP contribution is -2.40. The predicted octanol–water partition coefficient (Wildman–Crippen LogP) is 2.94. The summed E-state index contributed by atoms with van der Waals surface area (Å²) < 4.78 is 13.1. The summed E-state index contributed by atoms with van der Waals surface area (Å²) in [5.74, 6) is 0.630. The fourth-order valence-electron chi connectivity index (χ4n) is 2.65. The third-order valence-corrected chi connectivity index (χ3v) is 4.33. The lowest BCUT2D eigenvalue weighted by molar-refractivity contribution is 0.189. The molecule has 0 atom stereocenters. The Balaban J connectivity index is 1.73. The third kappa shape index (κ3) is 4.05. The highest BCUT2D eigenvalue weighted by atomic mass is 19.1. The number of nitrogens with zero attached hydrogens (tertiary/aromatic N) is 3. The summed E-state index contributed by atoms with van der Waals surface area (Å²) in [6, 6.07) is 6.58. The first kappa shape index (κ1) is 15.9. The van der Waals surface area contributed by atoms with Crippen LogP contribution in [0.2, 0.25) is 0 Å². The highest BCUT2D eigenvalue weighted by Crippen LogP contribution is 2.18. The quantitative estimate of drug-likeness (QED) is 0.890. The predicted molar refractivity (Wildman–Crippen MR) is 90.3 cm³/mol. The number of benzene rings is 1. The van der Waals surface area contributed by atoms with Crippen LogP contribution < -0.4 is 5.32 Å². The summed E-state index contributed by atoms with van der Waals surface area (Å²) in [6.45, 7) is 8.24. The Morgan fingerprint density at radius 3 is 2.43 bits per heavy atom. The van der Waals surface area contributed by atoms with Crippen LogP contribution in [0, 0.1) is 19.7 Å². The molecule has 0 saturated carbocycles. The molecule has 0 radical (unpaired) electrons. The lowest BCUT2D eigenvalue weighted by atomic mass is 10.1. The molecule has 0 amide bonds. The minimum absolute atomic E-state index is 0.215. The second-order valence-corrected chi connectivity index (χ2v) is 6.11. The minimum Gasteiger partial charge on any atom is -0.367 e. The molecule has 1 aromatic heterocycles. The molecular formula is C18H23FN4. The summed E-state index contributed by atoms with van der Waals surface area (Å²) in [7, 11) is 0. The number of nitrogens with one attached hydrogen (secondary N) is 1. The number of halogens is 1. The van der Waals surface area contributed by atoms with Gasteiger partial charge in [-0.25, -0.2) is 9.37 Å². The molecule has 1 N–H and O–H groups in total. The third-order valence-electron chi connectivity index (χ3n) is 4.33. The Bertz CT molecular complexity index is 665. The first-order valence-corrected chi connectivity index (χ1v) is 8.16. The number of hydrogen-bond donors (Lipinski definition) is 1. The van der Waals surface area contributed by atoms with Gasteiger partial charge < -0.3 is 10.2 Å². The number of anilines is 1. The summed E-state index contributed by atoms with van der Waals surface area (Å²) in [6.07, 6.45) is 1.96. The van der Waals surface area contributed by atoms with Crippen molar-refractivity contribution in [3.05, 3.63) is 52.7 Å². The van der Waals surface area contributed by atoms with Crippen molar-refractivity contribution < 1.29 is 4.39 Å². The van der Waals surface area contributed by atoms with Gasteiger partial charge in [0.15, 0.2) is 0 Å². The molecule has 0 spiro atoms. The molecule has 1 aromatic carbocycles. The van der Waals surface area contributed by atoms with Gasteiger partial charge in [-0.1, -0.05) is 12.1 Å². The highest BCUT2D eigenvalue weighted by molar-refractivity contribution is 5.44. The van der Waals surface area contributed by atoms with E-state index in [9.17, 15) is 4.39 Å². The highest BCUT2D eigenvalue weighted by Gasteiger charge is 2.14. The second-order valence-electron chi connectivity index (χ2n) is 6.11. The van der Waals surface area contributed by atoms with Crippen LogP contribution >= 0.6 is 0 Å². The topological polar surface area (TPSA) is 41.1 Å². The normalized spacial score (nSPS) is 14.6. The fraction of sp³-hybridized carbons (Fsp3) is 0.444. The Morgan fingerprint density at radius 2 is 1.78 bits per heavy atom. The molecule has 1 fully saturated rings. The molecule has 3 rings (SSSR count). The van der Waals surface area contributed by atoms with E-state index >= 15 is 0 Å². The van der Waals surface area contributed by atoms with Gasteiger partial charge in [-0.05, 0) is 51.1 Å². The number of likely N-dealkylation sites (tertiary alicyclic amines) is 1. The van der Waals surface area contributed by atoms with Crippen LogP contribution in [0.1, 0.15) is 29.1 Å². The molecule has 0 aliphatic carbocycles. The summed E-state index contributed by atoms with van der Waals surface area (Å²) in [5, 5.41) is 3.42. The van der Waals surface area contributed by atoms with Crippen LogP contribution in [0.4, 0.5) is 10.2 Å². The molecule has 23 heavy (non-hydrogen) atoms. The van der Waals surface area contributed by atoms with E-state index in [1.165, 1.54) is 31.6 Å². The maximum absolute atomic E-state index is 13.1. The van der Waals surface area contributed by atoms with Crippen molar-refractivity contribution in [2.24, 2.45) is 0 Å². The average Bonchev–Trinajstić information content (AvgIpc) is 2.48. The number of aromatic nitrogens is 2. The van der Waals surface area contributed by atoms with Crippen LogP contribution in [0.5, 0.6) is 0 Å². The molecule has 2 aromatic rings. The maximum atomic E-state index is 13.1. The standard InChI is InChI=1S/C18H23FN4/c1-13-14(2)22-18(20-8-11-23-9-3-10-23)17(21-13)12-15-4-6-16(19)7-5-15/h4-7H,3,8-12H2,1-2H3,(H,20,22). The first-order valence-electron chi connectivity index (χ1n) is 8.16. The molecule has 0 bridgehead atoms. The Hall–Kier alpha value is -2.01. The number of rotatable bonds is 6. The van der Waals surface area contributed by atoms with Gasteiger partial charge in [-0.15, -0.1) is 0 Å². The maximum Gasteiger partial charge on any atom is 0.148 e. The molecule has 5 heteroatoms. The summed E-state index contributed by atoms with van der Waals surface area (Å²) in [5.41, 5.74) is 3.84. The molecule has 1 aliphatic heterocycles. The zero-order valence-corrected chi connectivity index (χ0v) is 13.8. The van der Waals surface area contributed by atoms with E-state index in [-0.39, 0.29) is 5.82 Å². The molecule has 1 saturated heterocycles. The van der Waals surface area contributed by atoms with Crippen LogP contribution in [0.15, 0.2) is 24.3 Å². The van der Waals surface area contributed by atoms with Crippen molar-refractivity contribution in [2.75, 3.05) is 31.5 Å². The van der Waals surface area contributed by atoms with Crippen molar-refractivity contribution in [1.82, 2.24) is 14.9 Å². The SMILES string of the molecule is Cc1nc(Cc2ccc(F)cc2)c(NCCN2CCC2)nc1C. The molecular weight excluding hydrogens is 291 g/mol. The van der Waals surface area contributed by atoms with Crippen LogP contribution in [0.25, 0.3) is 0 Å². The molecule has 2 heterocycles. The van der Waals surface area contributed by atoms with Crippen molar-refractivity contribution in [3.63, 3.8) is 0 Å². The monoisotopic (exact) mass is 314 g/mol. The fourth-order valence-corrected chi connectivity index (χ4v) is 2.65. The van der Waals surface area contributed by atoms with Gasteiger partial charge in [0.05, 0.1) is 17.1 Å². The van der Waals surface area contributed by atoms with E-state index in [0.29, 0.717) is 6.42 Å². The van der Waals surface area contributed by atoms with Gasteiger partial charge in [0, 0.05) is 19.5 Å². The van der Waals surface area contributed by atoms with E-state index in [1.807, 2.05) is 13.8 Å². The van der Waals surface area contributed by atoms with Crippen molar-refractivity contribution in [2.45, 2.75) is 26.7 Å². The molecule has 0 unspecified atom stereocenters. The summed E-state index contributed by atoms with van der Waals surface area (Å²) >= 11 is 0. The van der Waals surface area contributed by atoms with Gasteiger partial charge >= 0.3 is 0 Å². The van der Waals surface area contributed by atoms with E-state index in [0.717, 1.165) is 41.6 Å². The minimum atomic E-state index is -0.215. The van der Waals surface area contributed by atoms with Crippen molar-refractivity contribution in [3.8, 4) is 0 Å². The summed E-state index contributed by atoms with van der Waals surface area (Å²) in [4.78, 5) is 11.8. The van der Waals surface area contributed by atoms with Gasteiger partial charge in [-0.3, -0.25) is 4.98 Å². The van der Waals surface area contributed by atoms with Crippen LogP contribution in [0.3, 0.4) is 0 Å². The average molecular weight is 314 g/mol. The Morgan fingerprint density at radius 1 is 1.09 bits per heavy atom. The largest absolute Gasteiger partial charge is 0.367 e. The van der Waals surface area contributed by atoms with Crippen molar-refractivity contribution in [1.29, 1.82) is 0 Å².